The molecule has 0 aromatic rings. The third-order valence-corrected chi connectivity index (χ3v) is 2.39. The predicted octanol–water partition coefficient (Wildman–Crippen LogP) is 1.31. The Morgan fingerprint density at radius 1 is 1.62 bits per heavy atom. The fourth-order valence-corrected chi connectivity index (χ4v) is 1.49. The maximum absolute atomic E-state index is 10.6. The number of hydroxylamine groups is 1. The van der Waals surface area contributed by atoms with Gasteiger partial charge in [-0.25, -0.2) is 0 Å². The van der Waals surface area contributed by atoms with Crippen LogP contribution in [0.3, 0.4) is 0 Å². The molecule has 1 unspecified atom stereocenters. The average molecular weight is 187 g/mol. The minimum Gasteiger partial charge on any atom is -0.480 e. The van der Waals surface area contributed by atoms with Gasteiger partial charge in [0, 0.05) is 0 Å². The molecular formula is C9H17NO3. The van der Waals surface area contributed by atoms with Crippen LogP contribution < -0.4 is 5.48 Å². The van der Waals surface area contributed by atoms with Crippen molar-refractivity contribution in [3.63, 3.8) is 0 Å². The third-order valence-electron chi connectivity index (χ3n) is 2.39. The Labute approximate surface area is 78.2 Å². The fraction of sp³-hybridized carbons (Fsp3) is 0.889. The Bertz CT molecular complexity index is 166. The molecule has 1 aliphatic carbocycles. The summed E-state index contributed by atoms with van der Waals surface area (Å²) in [6.07, 6.45) is 5.23. The molecule has 76 valence electrons. The average Bonchev–Trinajstić information content (AvgIpc) is 2.57. The molecule has 1 rings (SSSR count). The maximum Gasteiger partial charge on any atom is 0.323 e. The first kappa shape index (κ1) is 10.5. The molecule has 1 saturated carbocycles. The van der Waals surface area contributed by atoms with Crippen molar-refractivity contribution >= 4 is 5.97 Å². The highest BCUT2D eigenvalue weighted by Crippen LogP contribution is 2.20. The lowest BCUT2D eigenvalue weighted by atomic mass is 10.2. The van der Waals surface area contributed by atoms with Crippen LogP contribution in [-0.2, 0) is 9.63 Å². The Balaban J connectivity index is 2.18. The molecule has 1 atom stereocenters. The molecule has 1 aliphatic rings. The Hall–Kier alpha value is -0.610. The number of nitrogens with one attached hydrogen (secondary N) is 1. The molecule has 1 fully saturated rings. The summed E-state index contributed by atoms with van der Waals surface area (Å²) in [5.41, 5.74) is 2.61. The lowest BCUT2D eigenvalue weighted by Gasteiger charge is -2.16. The van der Waals surface area contributed by atoms with Crippen LogP contribution in [-0.4, -0.2) is 23.2 Å². The summed E-state index contributed by atoms with van der Waals surface area (Å²) in [6, 6.07) is -0.569. The first-order valence-corrected chi connectivity index (χ1v) is 4.88. The van der Waals surface area contributed by atoms with Gasteiger partial charge in [-0.15, -0.1) is 0 Å². The second-order valence-corrected chi connectivity index (χ2v) is 3.44. The Kier molecular flexibility index (Phi) is 4.18. The van der Waals surface area contributed by atoms with E-state index in [4.69, 9.17) is 9.94 Å². The summed E-state index contributed by atoms with van der Waals surface area (Å²) in [4.78, 5) is 15.9. The van der Waals surface area contributed by atoms with Gasteiger partial charge in [-0.2, -0.15) is 5.48 Å². The molecule has 0 heterocycles. The highest BCUT2D eigenvalue weighted by Gasteiger charge is 2.20. The summed E-state index contributed by atoms with van der Waals surface area (Å²) >= 11 is 0. The van der Waals surface area contributed by atoms with Crippen molar-refractivity contribution < 1.29 is 14.7 Å². The van der Waals surface area contributed by atoms with E-state index in [-0.39, 0.29) is 6.10 Å². The number of carboxylic acids is 1. The van der Waals surface area contributed by atoms with Crippen LogP contribution >= 0.6 is 0 Å². The molecule has 0 spiro atoms. The lowest BCUT2D eigenvalue weighted by molar-refractivity contribution is -0.146. The van der Waals surface area contributed by atoms with E-state index in [2.05, 4.69) is 5.48 Å². The van der Waals surface area contributed by atoms with Crippen LogP contribution in [0.5, 0.6) is 0 Å². The zero-order valence-corrected chi connectivity index (χ0v) is 7.95. The van der Waals surface area contributed by atoms with Crippen molar-refractivity contribution in [2.24, 2.45) is 0 Å². The van der Waals surface area contributed by atoms with Gasteiger partial charge in [-0.1, -0.05) is 19.8 Å². The second-order valence-electron chi connectivity index (χ2n) is 3.44. The monoisotopic (exact) mass is 187 g/mol. The smallest absolute Gasteiger partial charge is 0.323 e. The molecule has 0 bridgehead atoms. The highest BCUT2D eigenvalue weighted by molar-refractivity contribution is 5.73. The summed E-state index contributed by atoms with van der Waals surface area (Å²) in [6.45, 7) is 1.82. The number of aliphatic carboxylic acids is 1. The van der Waals surface area contributed by atoms with Gasteiger partial charge in [0.15, 0.2) is 0 Å². The molecule has 13 heavy (non-hydrogen) atoms. The standard InChI is InChI=1S/C9H17NO3/c1-2-8(9(11)12)10-13-7-5-3-4-6-7/h7-8,10H,2-6H2,1H3,(H,11,12). The van der Waals surface area contributed by atoms with Gasteiger partial charge in [0.25, 0.3) is 0 Å². The largest absolute Gasteiger partial charge is 0.480 e. The zero-order chi connectivity index (χ0) is 9.68. The SMILES string of the molecule is CCC(NOC1CCCC1)C(=O)O. The van der Waals surface area contributed by atoms with E-state index in [1.807, 2.05) is 6.92 Å². The van der Waals surface area contributed by atoms with Gasteiger partial charge in [0.05, 0.1) is 6.10 Å². The number of carbonyl (C=O) groups is 1. The summed E-state index contributed by atoms with van der Waals surface area (Å²) in [5.74, 6) is -0.847. The number of rotatable bonds is 5. The normalized spacial score (nSPS) is 20.4. The van der Waals surface area contributed by atoms with Crippen LogP contribution in [0, 0.1) is 0 Å². The molecule has 4 heteroatoms. The van der Waals surface area contributed by atoms with Crippen molar-refractivity contribution in [2.75, 3.05) is 0 Å². The van der Waals surface area contributed by atoms with Crippen molar-refractivity contribution in [3.8, 4) is 0 Å². The van der Waals surface area contributed by atoms with Crippen LogP contribution in [0.15, 0.2) is 0 Å². The zero-order valence-electron chi connectivity index (χ0n) is 7.95. The fourth-order valence-electron chi connectivity index (χ4n) is 1.49. The molecule has 4 nitrogen and oxygen atoms in total. The third kappa shape index (κ3) is 3.32. The second kappa shape index (κ2) is 5.19. The molecule has 2 N–H and O–H groups in total. The van der Waals surface area contributed by atoms with E-state index in [1.165, 1.54) is 12.8 Å². The van der Waals surface area contributed by atoms with Crippen LogP contribution in [0.1, 0.15) is 39.0 Å². The van der Waals surface area contributed by atoms with E-state index in [9.17, 15) is 4.79 Å². The molecule has 0 aromatic heterocycles. The van der Waals surface area contributed by atoms with Crippen molar-refractivity contribution in [1.29, 1.82) is 0 Å². The lowest BCUT2D eigenvalue weighted by Crippen LogP contribution is -2.38. The van der Waals surface area contributed by atoms with Gasteiger partial charge in [0.2, 0.25) is 0 Å². The molecule has 0 saturated heterocycles. The number of hydrogen-bond acceptors (Lipinski definition) is 3. The minimum atomic E-state index is -0.847. The van der Waals surface area contributed by atoms with Gasteiger partial charge >= 0.3 is 5.97 Å². The van der Waals surface area contributed by atoms with Gasteiger partial charge in [-0.3, -0.25) is 9.63 Å². The molecule has 0 amide bonds. The molecule has 0 aliphatic heterocycles. The molecule has 0 aromatic carbocycles. The quantitative estimate of drug-likeness (QED) is 0.637. The van der Waals surface area contributed by atoms with Crippen LogP contribution in [0.2, 0.25) is 0 Å². The topological polar surface area (TPSA) is 58.6 Å². The van der Waals surface area contributed by atoms with E-state index in [0.717, 1.165) is 12.8 Å². The van der Waals surface area contributed by atoms with Gasteiger partial charge in [-0.05, 0) is 19.3 Å². The van der Waals surface area contributed by atoms with Crippen molar-refractivity contribution in [3.05, 3.63) is 0 Å². The van der Waals surface area contributed by atoms with Crippen LogP contribution in [0.4, 0.5) is 0 Å². The van der Waals surface area contributed by atoms with E-state index in [0.29, 0.717) is 6.42 Å². The first-order chi connectivity index (χ1) is 6.24. The summed E-state index contributed by atoms with van der Waals surface area (Å²) < 4.78 is 0. The van der Waals surface area contributed by atoms with E-state index < -0.39 is 12.0 Å². The molecule has 0 radical (unpaired) electrons. The summed E-state index contributed by atoms with van der Waals surface area (Å²) in [5, 5.41) is 8.70. The van der Waals surface area contributed by atoms with Crippen LogP contribution in [0.25, 0.3) is 0 Å². The predicted molar refractivity (Wildman–Crippen MR) is 48.2 cm³/mol. The highest BCUT2D eigenvalue weighted by atomic mass is 16.7. The van der Waals surface area contributed by atoms with Crippen molar-refractivity contribution in [1.82, 2.24) is 5.48 Å². The van der Waals surface area contributed by atoms with Gasteiger partial charge in [0.1, 0.15) is 6.04 Å². The number of carboxylic acid groups (broad SMARTS) is 1. The van der Waals surface area contributed by atoms with Gasteiger partial charge < -0.3 is 5.11 Å². The Morgan fingerprint density at radius 3 is 2.69 bits per heavy atom. The van der Waals surface area contributed by atoms with Crippen molar-refractivity contribution in [2.45, 2.75) is 51.2 Å². The summed E-state index contributed by atoms with van der Waals surface area (Å²) in [7, 11) is 0. The minimum absolute atomic E-state index is 0.216. The van der Waals surface area contributed by atoms with E-state index in [1.54, 1.807) is 0 Å². The first-order valence-electron chi connectivity index (χ1n) is 4.88. The van der Waals surface area contributed by atoms with E-state index >= 15 is 0 Å². The molecular weight excluding hydrogens is 170 g/mol. The Morgan fingerprint density at radius 2 is 2.23 bits per heavy atom. The number of hydrogen-bond donors (Lipinski definition) is 2. The maximum atomic E-state index is 10.6.